The van der Waals surface area contributed by atoms with Gasteiger partial charge in [-0.25, -0.2) is 0 Å². The zero-order valence-corrected chi connectivity index (χ0v) is 15.2. The quantitative estimate of drug-likeness (QED) is 0.635. The van der Waals surface area contributed by atoms with Crippen LogP contribution in [0.3, 0.4) is 0 Å². The van der Waals surface area contributed by atoms with Gasteiger partial charge in [0.05, 0.1) is 26.3 Å². The summed E-state index contributed by atoms with van der Waals surface area (Å²) in [7, 11) is 1.61. The van der Waals surface area contributed by atoms with Crippen molar-refractivity contribution < 1.29 is 19.1 Å². The van der Waals surface area contributed by atoms with Gasteiger partial charge in [-0.1, -0.05) is 0 Å². The van der Waals surface area contributed by atoms with Crippen molar-refractivity contribution in [3.63, 3.8) is 0 Å². The lowest BCUT2D eigenvalue weighted by molar-refractivity contribution is -0.125. The van der Waals surface area contributed by atoms with Crippen molar-refractivity contribution in [1.82, 2.24) is 10.6 Å². The smallest absolute Gasteiger partial charge is 0.239 e. The highest BCUT2D eigenvalue weighted by molar-refractivity contribution is 5.85. The lowest BCUT2D eigenvalue weighted by Gasteiger charge is -2.18. The molecule has 0 aromatic heterocycles. The highest BCUT2D eigenvalue weighted by atomic mass is 35.5. The Morgan fingerprint density at radius 3 is 2.56 bits per heavy atom. The Kier molecular flexibility index (Phi) is 9.08. The Morgan fingerprint density at radius 1 is 1.20 bits per heavy atom. The van der Waals surface area contributed by atoms with Crippen molar-refractivity contribution in [2.45, 2.75) is 38.3 Å². The van der Waals surface area contributed by atoms with Gasteiger partial charge < -0.3 is 25.8 Å². The molecule has 0 radical (unpaired) electrons. The largest absolute Gasteiger partial charge is 0.497 e. The summed E-state index contributed by atoms with van der Waals surface area (Å²) in [6.45, 7) is 0.0967. The fraction of sp³-hybridized carbons (Fsp3) is 0.529. The molecule has 2 rings (SSSR count). The van der Waals surface area contributed by atoms with E-state index in [1.54, 1.807) is 7.11 Å². The van der Waals surface area contributed by atoms with Crippen LogP contribution in [0.5, 0.6) is 11.5 Å². The maximum Gasteiger partial charge on any atom is 0.239 e. The fourth-order valence-electron chi connectivity index (χ4n) is 2.61. The molecule has 4 N–H and O–H groups in total. The summed E-state index contributed by atoms with van der Waals surface area (Å²) in [6.07, 6.45) is 4.68. The molecular weight excluding hydrogens is 346 g/mol. The Labute approximate surface area is 154 Å². The minimum absolute atomic E-state index is 0. The summed E-state index contributed by atoms with van der Waals surface area (Å²) in [5.74, 6) is 0.806. The van der Waals surface area contributed by atoms with E-state index in [1.807, 2.05) is 18.2 Å². The first-order valence-corrected chi connectivity index (χ1v) is 8.19. The first-order chi connectivity index (χ1) is 11.6. The standard InChI is InChI=1S/C17H25N3O4.ClH/c1-23-14-7-6-12(10-19-17(22)11-20-16(21)9-18)15(8-14)24-13-4-2-3-5-13;/h6-8,13H,2-5,9-11,18H2,1H3,(H,19,22)(H,20,21);1H. The molecule has 8 heteroatoms. The van der Waals surface area contributed by atoms with Crippen molar-refractivity contribution in [3.05, 3.63) is 23.8 Å². The van der Waals surface area contributed by atoms with Crippen molar-refractivity contribution in [1.29, 1.82) is 0 Å². The number of nitrogens with one attached hydrogen (secondary N) is 2. The minimum atomic E-state index is -0.361. The second-order valence-corrected chi connectivity index (χ2v) is 5.76. The predicted octanol–water partition coefficient (Wildman–Crippen LogP) is 1.13. The molecule has 1 aliphatic carbocycles. The lowest BCUT2D eigenvalue weighted by atomic mass is 10.1. The van der Waals surface area contributed by atoms with Crippen LogP contribution < -0.4 is 25.8 Å². The first-order valence-electron chi connectivity index (χ1n) is 8.19. The van der Waals surface area contributed by atoms with Gasteiger partial charge in [0.1, 0.15) is 11.5 Å². The molecule has 0 aliphatic heterocycles. The molecule has 0 heterocycles. The molecule has 0 bridgehead atoms. The fourth-order valence-corrected chi connectivity index (χ4v) is 2.61. The van der Waals surface area contributed by atoms with Crippen molar-refractivity contribution >= 4 is 24.2 Å². The second-order valence-electron chi connectivity index (χ2n) is 5.76. The number of benzene rings is 1. The number of rotatable bonds is 8. The van der Waals surface area contributed by atoms with Crippen molar-refractivity contribution in [2.75, 3.05) is 20.2 Å². The lowest BCUT2D eigenvalue weighted by Crippen LogP contribution is -2.39. The van der Waals surface area contributed by atoms with E-state index >= 15 is 0 Å². The number of carbonyl (C=O) groups is 2. The van der Waals surface area contributed by atoms with Gasteiger partial charge in [-0.2, -0.15) is 0 Å². The summed E-state index contributed by atoms with van der Waals surface area (Å²) >= 11 is 0. The predicted molar refractivity (Wildman–Crippen MR) is 97.0 cm³/mol. The molecule has 0 saturated heterocycles. The highest BCUT2D eigenvalue weighted by Gasteiger charge is 2.18. The Balaban J connectivity index is 0.00000312. The van der Waals surface area contributed by atoms with Crippen LogP contribution in [0, 0.1) is 0 Å². The molecule has 0 spiro atoms. The van der Waals surface area contributed by atoms with E-state index in [-0.39, 0.29) is 43.4 Å². The second kappa shape index (κ2) is 10.8. The summed E-state index contributed by atoms with van der Waals surface area (Å²) in [4.78, 5) is 22.8. The average Bonchev–Trinajstić information content (AvgIpc) is 3.11. The molecule has 0 atom stereocenters. The number of hydrogen-bond acceptors (Lipinski definition) is 5. The maximum atomic E-state index is 11.8. The van der Waals surface area contributed by atoms with E-state index in [0.717, 1.165) is 24.2 Å². The minimum Gasteiger partial charge on any atom is -0.497 e. The number of hydrogen-bond donors (Lipinski definition) is 3. The molecule has 140 valence electrons. The van der Waals surface area contributed by atoms with Gasteiger partial charge in [0, 0.05) is 18.2 Å². The normalized spacial score (nSPS) is 13.7. The molecule has 7 nitrogen and oxygen atoms in total. The molecule has 2 amide bonds. The molecule has 1 fully saturated rings. The highest BCUT2D eigenvalue weighted by Crippen LogP contribution is 2.29. The van der Waals surface area contributed by atoms with E-state index < -0.39 is 0 Å². The van der Waals surface area contributed by atoms with Crippen LogP contribution in [0.4, 0.5) is 0 Å². The average molecular weight is 372 g/mol. The van der Waals surface area contributed by atoms with Gasteiger partial charge in [0.15, 0.2) is 0 Å². The zero-order chi connectivity index (χ0) is 17.4. The number of methoxy groups -OCH3 is 1. The molecular formula is C17H26ClN3O4. The van der Waals surface area contributed by atoms with Gasteiger partial charge in [0.2, 0.25) is 11.8 Å². The van der Waals surface area contributed by atoms with E-state index in [1.165, 1.54) is 12.8 Å². The number of amides is 2. The number of nitrogens with two attached hydrogens (primary N) is 1. The monoisotopic (exact) mass is 371 g/mol. The first kappa shape index (κ1) is 21.1. The molecule has 1 aliphatic rings. The Bertz CT molecular complexity index is 577. The van der Waals surface area contributed by atoms with E-state index in [2.05, 4.69) is 10.6 Å². The summed E-state index contributed by atoms with van der Waals surface area (Å²) in [5.41, 5.74) is 6.05. The van der Waals surface area contributed by atoms with Crippen LogP contribution in [-0.4, -0.2) is 38.1 Å². The van der Waals surface area contributed by atoms with Gasteiger partial charge in [0.25, 0.3) is 0 Å². The topological polar surface area (TPSA) is 103 Å². The molecule has 1 aromatic carbocycles. The molecule has 25 heavy (non-hydrogen) atoms. The molecule has 1 aromatic rings. The third-order valence-corrected chi connectivity index (χ3v) is 3.98. The van der Waals surface area contributed by atoms with Crippen molar-refractivity contribution in [2.24, 2.45) is 5.73 Å². The molecule has 1 saturated carbocycles. The van der Waals surface area contributed by atoms with Gasteiger partial charge in [-0.15, -0.1) is 12.4 Å². The van der Waals surface area contributed by atoms with Crippen LogP contribution in [0.25, 0.3) is 0 Å². The van der Waals surface area contributed by atoms with E-state index in [4.69, 9.17) is 15.2 Å². The Morgan fingerprint density at radius 2 is 1.92 bits per heavy atom. The van der Waals surface area contributed by atoms with Crippen LogP contribution >= 0.6 is 12.4 Å². The summed E-state index contributed by atoms with van der Waals surface area (Å²) < 4.78 is 11.3. The number of ether oxygens (including phenoxy) is 2. The summed E-state index contributed by atoms with van der Waals surface area (Å²) in [5, 5.41) is 5.20. The van der Waals surface area contributed by atoms with Crippen LogP contribution in [0.1, 0.15) is 31.2 Å². The number of carbonyl (C=O) groups excluding carboxylic acids is 2. The van der Waals surface area contributed by atoms with E-state index in [0.29, 0.717) is 12.3 Å². The summed E-state index contributed by atoms with van der Waals surface area (Å²) in [6, 6.07) is 5.55. The third kappa shape index (κ3) is 6.80. The SMILES string of the molecule is COc1ccc(CNC(=O)CNC(=O)CN)c(OC2CCCC2)c1.Cl. The van der Waals surface area contributed by atoms with Gasteiger partial charge >= 0.3 is 0 Å². The van der Waals surface area contributed by atoms with Crippen LogP contribution in [0.2, 0.25) is 0 Å². The van der Waals surface area contributed by atoms with Crippen LogP contribution in [0.15, 0.2) is 18.2 Å². The number of halogens is 1. The molecule has 0 unspecified atom stereocenters. The third-order valence-electron chi connectivity index (χ3n) is 3.98. The van der Waals surface area contributed by atoms with Crippen LogP contribution in [-0.2, 0) is 16.1 Å². The zero-order valence-electron chi connectivity index (χ0n) is 14.4. The van der Waals surface area contributed by atoms with Gasteiger partial charge in [-0.3, -0.25) is 9.59 Å². The Hall–Kier alpha value is -1.99. The van der Waals surface area contributed by atoms with Gasteiger partial charge in [-0.05, 0) is 37.8 Å². The van der Waals surface area contributed by atoms with Crippen molar-refractivity contribution in [3.8, 4) is 11.5 Å². The van der Waals surface area contributed by atoms with E-state index in [9.17, 15) is 9.59 Å². The maximum absolute atomic E-state index is 11.8.